The molecule has 1 amide bonds. The molecular formula is C14H18N2O2. The molecule has 1 aromatic carbocycles. The highest BCUT2D eigenvalue weighted by molar-refractivity contribution is 5.84. The van der Waals surface area contributed by atoms with Gasteiger partial charge in [-0.25, -0.2) is 4.79 Å². The normalized spacial score (nSPS) is 29.9. The van der Waals surface area contributed by atoms with Crippen molar-refractivity contribution >= 4 is 11.8 Å². The summed E-state index contributed by atoms with van der Waals surface area (Å²) in [6, 6.07) is 9.42. The van der Waals surface area contributed by atoms with E-state index in [9.17, 15) is 4.79 Å². The van der Waals surface area contributed by atoms with Crippen molar-refractivity contribution in [2.24, 2.45) is 5.92 Å². The maximum atomic E-state index is 11.8. The molecule has 1 atom stereocenters. The minimum Gasteiger partial charge on any atom is -0.444 e. The van der Waals surface area contributed by atoms with Crippen molar-refractivity contribution in [1.82, 2.24) is 4.90 Å². The van der Waals surface area contributed by atoms with Crippen LogP contribution in [0.3, 0.4) is 0 Å². The summed E-state index contributed by atoms with van der Waals surface area (Å²) in [5.74, 6) is 0.552. The molecule has 3 fully saturated rings. The van der Waals surface area contributed by atoms with E-state index in [1.54, 1.807) is 0 Å². The smallest absolute Gasteiger partial charge is 0.411 e. The molecule has 4 nitrogen and oxygen atoms in total. The molecule has 0 aromatic heterocycles. The van der Waals surface area contributed by atoms with Crippen LogP contribution in [0.1, 0.15) is 12.8 Å². The fourth-order valence-electron chi connectivity index (χ4n) is 2.85. The topological polar surface area (TPSA) is 41.6 Å². The van der Waals surface area contributed by atoms with Gasteiger partial charge >= 0.3 is 6.09 Å². The first-order valence-electron chi connectivity index (χ1n) is 6.56. The number of nitrogens with one attached hydrogen (secondary N) is 1. The number of carbonyl (C=O) groups excluding carboxylic acids is 1. The van der Waals surface area contributed by atoms with Gasteiger partial charge in [0.25, 0.3) is 0 Å². The minimum atomic E-state index is -0.333. The Bertz CT molecular complexity index is 413. The van der Waals surface area contributed by atoms with Gasteiger partial charge in [0.05, 0.1) is 0 Å². The van der Waals surface area contributed by atoms with Gasteiger partial charge in [0, 0.05) is 12.2 Å². The van der Waals surface area contributed by atoms with Crippen LogP contribution in [0.5, 0.6) is 0 Å². The van der Waals surface area contributed by atoms with Gasteiger partial charge in [-0.3, -0.25) is 10.2 Å². The first-order chi connectivity index (χ1) is 8.81. The number of anilines is 1. The number of fused-ring (bicyclic) bond motifs is 3. The molecule has 2 bridgehead atoms. The van der Waals surface area contributed by atoms with E-state index >= 15 is 0 Å². The third-order valence-corrected chi connectivity index (χ3v) is 3.87. The Labute approximate surface area is 107 Å². The largest absolute Gasteiger partial charge is 0.444 e. The summed E-state index contributed by atoms with van der Waals surface area (Å²) in [4.78, 5) is 14.2. The summed E-state index contributed by atoms with van der Waals surface area (Å²) < 4.78 is 5.54. The van der Waals surface area contributed by atoms with E-state index in [-0.39, 0.29) is 12.2 Å². The molecule has 0 spiro atoms. The quantitative estimate of drug-likeness (QED) is 0.870. The number of rotatable bonds is 2. The van der Waals surface area contributed by atoms with Crippen LogP contribution in [0.4, 0.5) is 10.5 Å². The Morgan fingerprint density at radius 3 is 2.56 bits per heavy atom. The number of carbonyl (C=O) groups is 1. The van der Waals surface area contributed by atoms with Crippen LogP contribution in [0.15, 0.2) is 30.3 Å². The van der Waals surface area contributed by atoms with Crippen molar-refractivity contribution in [3.05, 3.63) is 30.3 Å². The van der Waals surface area contributed by atoms with Crippen LogP contribution in [0, 0.1) is 5.92 Å². The highest BCUT2D eigenvalue weighted by Crippen LogP contribution is 2.29. The van der Waals surface area contributed by atoms with Crippen LogP contribution in [-0.4, -0.2) is 36.7 Å². The molecule has 0 saturated carbocycles. The zero-order valence-electron chi connectivity index (χ0n) is 10.3. The van der Waals surface area contributed by atoms with E-state index in [0.717, 1.165) is 38.2 Å². The van der Waals surface area contributed by atoms with Crippen molar-refractivity contribution in [3.8, 4) is 0 Å². The summed E-state index contributed by atoms with van der Waals surface area (Å²) in [5.41, 5.74) is 0.781. The molecule has 0 unspecified atom stereocenters. The molecule has 4 heteroatoms. The van der Waals surface area contributed by atoms with E-state index in [0.29, 0.717) is 5.92 Å². The van der Waals surface area contributed by atoms with Crippen LogP contribution in [0.2, 0.25) is 0 Å². The van der Waals surface area contributed by atoms with Gasteiger partial charge in [-0.1, -0.05) is 18.2 Å². The van der Waals surface area contributed by atoms with Gasteiger partial charge in [-0.15, -0.1) is 0 Å². The zero-order valence-corrected chi connectivity index (χ0v) is 10.3. The molecule has 1 N–H and O–H groups in total. The van der Waals surface area contributed by atoms with E-state index < -0.39 is 0 Å². The Kier molecular flexibility index (Phi) is 3.19. The molecular weight excluding hydrogens is 228 g/mol. The van der Waals surface area contributed by atoms with E-state index in [4.69, 9.17) is 4.74 Å². The lowest BCUT2D eigenvalue weighted by Gasteiger charge is -2.43. The van der Waals surface area contributed by atoms with E-state index in [1.807, 2.05) is 30.3 Å². The summed E-state index contributed by atoms with van der Waals surface area (Å²) in [6.07, 6.45) is 2.04. The highest BCUT2D eigenvalue weighted by Gasteiger charge is 2.36. The average Bonchev–Trinajstić information content (AvgIpc) is 2.41. The molecule has 3 aliphatic rings. The standard InChI is InChI=1S/C14H18N2O2/c17-14(15-12-4-2-1-3-5-12)18-13-10-16-8-6-11(13)7-9-16/h1-5,11,13H,6-10H2,(H,15,17)/t13-/m1/s1. The lowest BCUT2D eigenvalue weighted by Crippen LogP contribution is -2.52. The van der Waals surface area contributed by atoms with Crippen LogP contribution >= 0.6 is 0 Å². The fourth-order valence-corrected chi connectivity index (χ4v) is 2.85. The maximum Gasteiger partial charge on any atom is 0.411 e. The zero-order chi connectivity index (χ0) is 12.4. The number of hydrogen-bond acceptors (Lipinski definition) is 3. The predicted molar refractivity (Wildman–Crippen MR) is 69.5 cm³/mol. The van der Waals surface area contributed by atoms with E-state index in [2.05, 4.69) is 10.2 Å². The Hall–Kier alpha value is -1.55. The summed E-state index contributed by atoms with van der Waals surface area (Å²) in [7, 11) is 0. The van der Waals surface area contributed by atoms with Crippen LogP contribution in [0.25, 0.3) is 0 Å². The third kappa shape index (κ3) is 2.48. The third-order valence-electron chi connectivity index (χ3n) is 3.87. The Morgan fingerprint density at radius 2 is 1.94 bits per heavy atom. The van der Waals surface area contributed by atoms with Crippen molar-refractivity contribution in [3.63, 3.8) is 0 Å². The second-order valence-electron chi connectivity index (χ2n) is 5.07. The SMILES string of the molecule is O=C(Nc1ccccc1)O[C@@H]1CN2CCC1CC2. The highest BCUT2D eigenvalue weighted by atomic mass is 16.6. The molecule has 3 saturated heterocycles. The molecule has 96 valence electrons. The van der Waals surface area contributed by atoms with Gasteiger partial charge in [0.2, 0.25) is 0 Å². The van der Waals surface area contributed by atoms with Gasteiger partial charge in [-0.05, 0) is 44.0 Å². The van der Waals surface area contributed by atoms with Crippen molar-refractivity contribution in [2.45, 2.75) is 18.9 Å². The summed E-state index contributed by atoms with van der Waals surface area (Å²) >= 11 is 0. The van der Waals surface area contributed by atoms with Gasteiger partial charge in [-0.2, -0.15) is 0 Å². The van der Waals surface area contributed by atoms with Gasteiger partial charge < -0.3 is 4.74 Å². The maximum absolute atomic E-state index is 11.8. The monoisotopic (exact) mass is 246 g/mol. The Balaban J connectivity index is 1.55. The number of piperidine rings is 3. The molecule has 1 aromatic rings. The first kappa shape index (κ1) is 11.5. The van der Waals surface area contributed by atoms with Crippen molar-refractivity contribution in [2.75, 3.05) is 25.0 Å². The number of benzene rings is 1. The molecule has 4 rings (SSSR count). The molecule has 0 radical (unpaired) electrons. The van der Waals surface area contributed by atoms with Crippen molar-refractivity contribution in [1.29, 1.82) is 0 Å². The second-order valence-corrected chi connectivity index (χ2v) is 5.07. The number of amides is 1. The molecule has 3 aliphatic heterocycles. The summed E-state index contributed by atoms with van der Waals surface area (Å²) in [5, 5.41) is 2.77. The number of hydrogen-bond donors (Lipinski definition) is 1. The van der Waals surface area contributed by atoms with Gasteiger partial charge in [0.15, 0.2) is 0 Å². The first-order valence-corrected chi connectivity index (χ1v) is 6.56. The number of para-hydroxylation sites is 1. The van der Waals surface area contributed by atoms with E-state index in [1.165, 1.54) is 0 Å². The predicted octanol–water partition coefficient (Wildman–Crippen LogP) is 2.33. The van der Waals surface area contributed by atoms with Crippen LogP contribution < -0.4 is 5.32 Å². The molecule has 0 aliphatic carbocycles. The van der Waals surface area contributed by atoms with Gasteiger partial charge in [0.1, 0.15) is 6.10 Å². The van der Waals surface area contributed by atoms with Crippen molar-refractivity contribution < 1.29 is 9.53 Å². The molecule has 18 heavy (non-hydrogen) atoms. The number of ether oxygens (including phenoxy) is 1. The lowest BCUT2D eigenvalue weighted by atomic mass is 9.86. The fraction of sp³-hybridized carbons (Fsp3) is 0.500. The Morgan fingerprint density at radius 1 is 1.22 bits per heavy atom. The number of nitrogens with zero attached hydrogens (tertiary/aromatic N) is 1. The average molecular weight is 246 g/mol. The second kappa shape index (κ2) is 4.98. The van der Waals surface area contributed by atoms with Crippen LogP contribution in [-0.2, 0) is 4.74 Å². The minimum absolute atomic E-state index is 0.0659. The summed E-state index contributed by atoms with van der Waals surface area (Å²) in [6.45, 7) is 3.21. The lowest BCUT2D eigenvalue weighted by molar-refractivity contribution is -0.0289. The molecule has 3 heterocycles.